The lowest BCUT2D eigenvalue weighted by atomic mass is 10.1. The summed E-state index contributed by atoms with van der Waals surface area (Å²) in [5, 5.41) is 18.6. The summed E-state index contributed by atoms with van der Waals surface area (Å²) in [7, 11) is 0. The molecule has 0 bridgehead atoms. The van der Waals surface area contributed by atoms with E-state index < -0.39 is 23.9 Å². The number of rotatable bonds is 1. The summed E-state index contributed by atoms with van der Waals surface area (Å²) in [6.07, 6.45) is -1.95. The van der Waals surface area contributed by atoms with Crippen LogP contribution in [0.15, 0.2) is 18.2 Å². The number of carbonyl (C=O) groups is 1. The van der Waals surface area contributed by atoms with E-state index >= 15 is 0 Å². The topological polar surface area (TPSA) is 86.8 Å². The first-order chi connectivity index (χ1) is 7.99. The molecule has 1 saturated heterocycles. The minimum absolute atomic E-state index is 0.00379. The van der Waals surface area contributed by atoms with E-state index in [-0.39, 0.29) is 24.3 Å². The highest BCUT2D eigenvalue weighted by Crippen LogP contribution is 2.18. The molecule has 92 valence electrons. The first kappa shape index (κ1) is 11.8. The Hall–Kier alpha value is -1.66. The molecule has 0 unspecified atom stereocenters. The van der Waals surface area contributed by atoms with Crippen LogP contribution in [0.3, 0.4) is 0 Å². The second-order valence-corrected chi connectivity index (χ2v) is 4.08. The zero-order valence-electron chi connectivity index (χ0n) is 9.01. The highest BCUT2D eigenvalue weighted by atomic mass is 19.1. The van der Waals surface area contributed by atoms with E-state index in [9.17, 15) is 19.4 Å². The number of β-amino-alcohol motifs (C(OH)–C–C–N with tert-alkyl or cyclic N) is 2. The molecular formula is C11H13FN2O3. The average Bonchev–Trinajstić information content (AvgIpc) is 2.58. The summed E-state index contributed by atoms with van der Waals surface area (Å²) in [6.45, 7) is 0.00757. The normalized spacial score (nSPS) is 24.1. The van der Waals surface area contributed by atoms with E-state index in [0.29, 0.717) is 0 Å². The van der Waals surface area contributed by atoms with Gasteiger partial charge in [0, 0.05) is 18.8 Å². The van der Waals surface area contributed by atoms with Crippen molar-refractivity contribution in [1.82, 2.24) is 4.90 Å². The molecule has 0 spiro atoms. The van der Waals surface area contributed by atoms with Gasteiger partial charge in [-0.25, -0.2) is 4.39 Å². The maximum Gasteiger partial charge on any atom is 0.257 e. The molecule has 5 nitrogen and oxygen atoms in total. The fraction of sp³-hybridized carbons (Fsp3) is 0.364. The third-order valence-electron chi connectivity index (χ3n) is 2.77. The van der Waals surface area contributed by atoms with E-state index in [0.717, 1.165) is 6.07 Å². The third kappa shape index (κ3) is 2.22. The molecule has 2 atom stereocenters. The molecule has 1 heterocycles. The van der Waals surface area contributed by atoms with Gasteiger partial charge in [-0.05, 0) is 18.2 Å². The molecule has 0 saturated carbocycles. The van der Waals surface area contributed by atoms with Gasteiger partial charge in [-0.1, -0.05) is 0 Å². The van der Waals surface area contributed by atoms with Crippen LogP contribution >= 0.6 is 0 Å². The van der Waals surface area contributed by atoms with Crippen LogP contribution in [0.5, 0.6) is 0 Å². The average molecular weight is 240 g/mol. The van der Waals surface area contributed by atoms with Gasteiger partial charge in [-0.15, -0.1) is 0 Å². The molecule has 0 aromatic heterocycles. The van der Waals surface area contributed by atoms with Crippen LogP contribution in [-0.4, -0.2) is 46.3 Å². The van der Waals surface area contributed by atoms with Crippen molar-refractivity contribution in [2.24, 2.45) is 0 Å². The highest BCUT2D eigenvalue weighted by molar-refractivity contribution is 5.95. The van der Waals surface area contributed by atoms with Crippen LogP contribution in [-0.2, 0) is 0 Å². The van der Waals surface area contributed by atoms with Gasteiger partial charge in [0.2, 0.25) is 0 Å². The summed E-state index contributed by atoms with van der Waals surface area (Å²) < 4.78 is 13.5. The van der Waals surface area contributed by atoms with Gasteiger partial charge in [0.25, 0.3) is 5.91 Å². The monoisotopic (exact) mass is 240 g/mol. The van der Waals surface area contributed by atoms with Crippen molar-refractivity contribution in [3.8, 4) is 0 Å². The van der Waals surface area contributed by atoms with Gasteiger partial charge >= 0.3 is 0 Å². The molecule has 1 aromatic carbocycles. The second kappa shape index (κ2) is 4.31. The summed E-state index contributed by atoms with van der Waals surface area (Å²) in [4.78, 5) is 13.1. The molecule has 6 heteroatoms. The van der Waals surface area contributed by atoms with Crippen LogP contribution < -0.4 is 5.73 Å². The number of aliphatic hydroxyl groups is 2. The van der Waals surface area contributed by atoms with E-state index in [1.54, 1.807) is 0 Å². The fourth-order valence-electron chi connectivity index (χ4n) is 1.81. The first-order valence-corrected chi connectivity index (χ1v) is 5.19. The molecule has 2 rings (SSSR count). The Labute approximate surface area is 97.3 Å². The maximum atomic E-state index is 13.5. The number of nitrogens with two attached hydrogens (primary N) is 1. The van der Waals surface area contributed by atoms with E-state index in [1.807, 2.05) is 0 Å². The molecule has 1 aliphatic rings. The van der Waals surface area contributed by atoms with Crippen molar-refractivity contribution < 1.29 is 19.4 Å². The number of benzene rings is 1. The Bertz CT molecular complexity index is 442. The molecule has 0 aliphatic carbocycles. The minimum Gasteiger partial charge on any atom is -0.399 e. The first-order valence-electron chi connectivity index (χ1n) is 5.19. The van der Waals surface area contributed by atoms with Crippen molar-refractivity contribution in [2.45, 2.75) is 12.2 Å². The number of halogens is 1. The lowest BCUT2D eigenvalue weighted by molar-refractivity contribution is 0.0572. The van der Waals surface area contributed by atoms with Gasteiger partial charge in [-0.2, -0.15) is 0 Å². The molecule has 17 heavy (non-hydrogen) atoms. The molecule has 1 aromatic rings. The van der Waals surface area contributed by atoms with Gasteiger partial charge in [0.05, 0.1) is 17.8 Å². The standard InChI is InChI=1S/C11H13FN2O3/c12-8-3-6(13)1-2-7(8)11(17)14-4-9(15)10(16)5-14/h1-3,9-10,15-16H,4-5,13H2/t9-,10+. The zero-order chi connectivity index (χ0) is 12.6. The summed E-state index contributed by atoms with van der Waals surface area (Å²) in [6, 6.07) is 3.79. The predicted octanol–water partition coefficient (Wildman–Crippen LogP) is -0.415. The molecular weight excluding hydrogens is 227 g/mol. The van der Waals surface area contributed by atoms with Crippen LogP contribution in [0.2, 0.25) is 0 Å². The Morgan fingerprint density at radius 1 is 1.35 bits per heavy atom. The number of hydrogen-bond acceptors (Lipinski definition) is 4. The van der Waals surface area contributed by atoms with Crippen LogP contribution in [0.1, 0.15) is 10.4 Å². The van der Waals surface area contributed by atoms with Crippen molar-refractivity contribution in [3.63, 3.8) is 0 Å². The van der Waals surface area contributed by atoms with Gasteiger partial charge < -0.3 is 20.8 Å². The van der Waals surface area contributed by atoms with E-state index in [1.165, 1.54) is 17.0 Å². The number of nitrogens with zero attached hydrogens (tertiary/aromatic N) is 1. The summed E-state index contributed by atoms with van der Waals surface area (Å²) in [5.41, 5.74) is 5.51. The maximum absolute atomic E-state index is 13.5. The highest BCUT2D eigenvalue weighted by Gasteiger charge is 2.33. The number of carbonyl (C=O) groups excluding carboxylic acids is 1. The Morgan fingerprint density at radius 2 is 1.94 bits per heavy atom. The SMILES string of the molecule is Nc1ccc(C(=O)N2C[C@@H](O)[C@@H](O)C2)c(F)c1. The second-order valence-electron chi connectivity index (χ2n) is 4.08. The Kier molecular flexibility index (Phi) is 2.99. The Balaban J connectivity index is 2.20. The van der Waals surface area contributed by atoms with Crippen molar-refractivity contribution in [1.29, 1.82) is 0 Å². The third-order valence-corrected chi connectivity index (χ3v) is 2.77. The lowest BCUT2D eigenvalue weighted by Crippen LogP contribution is -2.30. The van der Waals surface area contributed by atoms with E-state index in [2.05, 4.69) is 0 Å². The van der Waals surface area contributed by atoms with Crippen molar-refractivity contribution in [2.75, 3.05) is 18.8 Å². The number of anilines is 1. The molecule has 4 N–H and O–H groups in total. The van der Waals surface area contributed by atoms with Gasteiger partial charge in [0.1, 0.15) is 5.82 Å². The number of aliphatic hydroxyl groups excluding tert-OH is 2. The number of amides is 1. The van der Waals surface area contributed by atoms with Gasteiger partial charge in [0.15, 0.2) is 0 Å². The largest absolute Gasteiger partial charge is 0.399 e. The Morgan fingerprint density at radius 3 is 2.47 bits per heavy atom. The smallest absolute Gasteiger partial charge is 0.257 e. The predicted molar refractivity (Wildman–Crippen MR) is 58.7 cm³/mol. The van der Waals surface area contributed by atoms with Crippen molar-refractivity contribution >= 4 is 11.6 Å². The summed E-state index contributed by atoms with van der Waals surface area (Å²) in [5.74, 6) is -1.26. The fourth-order valence-corrected chi connectivity index (χ4v) is 1.81. The number of nitrogen functional groups attached to an aromatic ring is 1. The quantitative estimate of drug-likeness (QED) is 0.582. The molecule has 1 amide bonds. The van der Waals surface area contributed by atoms with Gasteiger partial charge in [-0.3, -0.25) is 4.79 Å². The number of likely N-dealkylation sites (tertiary alicyclic amines) is 1. The van der Waals surface area contributed by atoms with Crippen LogP contribution in [0.4, 0.5) is 10.1 Å². The zero-order valence-corrected chi connectivity index (χ0v) is 9.01. The number of hydrogen-bond donors (Lipinski definition) is 3. The molecule has 0 radical (unpaired) electrons. The van der Waals surface area contributed by atoms with Crippen LogP contribution in [0, 0.1) is 5.82 Å². The molecule has 1 aliphatic heterocycles. The van der Waals surface area contributed by atoms with Crippen LogP contribution in [0.25, 0.3) is 0 Å². The van der Waals surface area contributed by atoms with Crippen molar-refractivity contribution in [3.05, 3.63) is 29.6 Å². The molecule has 1 fully saturated rings. The summed E-state index contributed by atoms with van der Waals surface area (Å²) >= 11 is 0. The van der Waals surface area contributed by atoms with E-state index in [4.69, 9.17) is 5.73 Å². The minimum atomic E-state index is -0.976. The lowest BCUT2D eigenvalue weighted by Gasteiger charge is -2.15.